The lowest BCUT2D eigenvalue weighted by molar-refractivity contribution is -0.0498. The van der Waals surface area contributed by atoms with Gasteiger partial charge in [0, 0.05) is 7.05 Å². The topological polar surface area (TPSA) is 53.1 Å². The molecule has 2 N–H and O–H groups in total. The standard InChI is InChI=1S/C12H12BrF2N3O/c1-18-11(9(13)6-17-18)10(16)7-2-4-8(5-3-7)19-12(14)15/h2-6,10,12H,16H2,1H3. The Kier molecular flexibility index (Phi) is 4.16. The summed E-state index contributed by atoms with van der Waals surface area (Å²) in [5.41, 5.74) is 7.73. The second kappa shape index (κ2) is 5.66. The molecule has 2 aromatic rings. The summed E-state index contributed by atoms with van der Waals surface area (Å²) in [6.45, 7) is -2.83. The van der Waals surface area contributed by atoms with Gasteiger partial charge >= 0.3 is 6.61 Å². The van der Waals surface area contributed by atoms with Crippen LogP contribution >= 0.6 is 15.9 Å². The fraction of sp³-hybridized carbons (Fsp3) is 0.250. The van der Waals surface area contributed by atoms with Crippen LogP contribution in [0.4, 0.5) is 8.78 Å². The first-order valence-electron chi connectivity index (χ1n) is 5.46. The highest BCUT2D eigenvalue weighted by atomic mass is 79.9. The van der Waals surface area contributed by atoms with Gasteiger partial charge in [0.25, 0.3) is 0 Å². The van der Waals surface area contributed by atoms with Crippen molar-refractivity contribution in [2.45, 2.75) is 12.7 Å². The molecule has 102 valence electrons. The highest BCUT2D eigenvalue weighted by Crippen LogP contribution is 2.27. The third-order valence-electron chi connectivity index (χ3n) is 2.70. The van der Waals surface area contributed by atoms with Crippen LogP contribution in [-0.2, 0) is 7.05 Å². The van der Waals surface area contributed by atoms with Crippen LogP contribution < -0.4 is 10.5 Å². The minimum absolute atomic E-state index is 0.107. The Balaban J connectivity index is 2.23. The summed E-state index contributed by atoms with van der Waals surface area (Å²) in [6, 6.07) is 5.84. The van der Waals surface area contributed by atoms with Crippen LogP contribution in [0.1, 0.15) is 17.3 Å². The van der Waals surface area contributed by atoms with E-state index >= 15 is 0 Å². The van der Waals surface area contributed by atoms with Crippen molar-refractivity contribution in [1.29, 1.82) is 0 Å². The molecular formula is C12H12BrF2N3O. The van der Waals surface area contributed by atoms with E-state index in [0.717, 1.165) is 15.7 Å². The summed E-state index contributed by atoms with van der Waals surface area (Å²) in [7, 11) is 1.79. The number of ether oxygens (including phenoxy) is 1. The van der Waals surface area contributed by atoms with E-state index in [0.29, 0.717) is 0 Å². The van der Waals surface area contributed by atoms with E-state index in [-0.39, 0.29) is 5.75 Å². The molecule has 0 spiro atoms. The molecule has 2 rings (SSSR count). The maximum absolute atomic E-state index is 12.0. The highest BCUT2D eigenvalue weighted by molar-refractivity contribution is 9.10. The number of hydrogen-bond acceptors (Lipinski definition) is 3. The fourth-order valence-corrected chi connectivity index (χ4v) is 2.38. The lowest BCUT2D eigenvalue weighted by Crippen LogP contribution is -2.16. The van der Waals surface area contributed by atoms with E-state index in [1.807, 2.05) is 0 Å². The summed E-state index contributed by atoms with van der Waals surface area (Å²) < 4.78 is 30.8. The van der Waals surface area contributed by atoms with Crippen molar-refractivity contribution in [1.82, 2.24) is 9.78 Å². The van der Waals surface area contributed by atoms with Crippen LogP contribution in [0.25, 0.3) is 0 Å². The Morgan fingerprint density at radius 3 is 2.42 bits per heavy atom. The van der Waals surface area contributed by atoms with Crippen LogP contribution in [0.15, 0.2) is 34.9 Å². The molecule has 1 aromatic carbocycles. The number of aromatic nitrogens is 2. The number of aryl methyl sites for hydroxylation is 1. The largest absolute Gasteiger partial charge is 0.435 e. The highest BCUT2D eigenvalue weighted by Gasteiger charge is 2.17. The molecule has 1 heterocycles. The lowest BCUT2D eigenvalue weighted by Gasteiger charge is -2.14. The molecule has 7 heteroatoms. The molecule has 0 saturated heterocycles. The predicted octanol–water partition coefficient (Wildman–Crippen LogP) is 2.83. The molecule has 0 fully saturated rings. The monoisotopic (exact) mass is 331 g/mol. The smallest absolute Gasteiger partial charge is 0.387 e. The number of alkyl halides is 2. The Labute approximate surface area is 117 Å². The molecule has 0 aliphatic carbocycles. The van der Waals surface area contributed by atoms with Gasteiger partial charge in [-0.15, -0.1) is 0 Å². The zero-order chi connectivity index (χ0) is 14.0. The predicted molar refractivity (Wildman–Crippen MR) is 70.0 cm³/mol. The van der Waals surface area contributed by atoms with E-state index in [1.165, 1.54) is 12.1 Å². The van der Waals surface area contributed by atoms with Crippen LogP contribution in [-0.4, -0.2) is 16.4 Å². The zero-order valence-corrected chi connectivity index (χ0v) is 11.6. The summed E-state index contributed by atoms with van der Waals surface area (Å²) in [4.78, 5) is 0. The Hall–Kier alpha value is -1.47. The van der Waals surface area contributed by atoms with Crippen LogP contribution in [0.2, 0.25) is 0 Å². The van der Waals surface area contributed by atoms with E-state index in [1.54, 1.807) is 30.1 Å². The third-order valence-corrected chi connectivity index (χ3v) is 3.31. The van der Waals surface area contributed by atoms with Crippen molar-refractivity contribution >= 4 is 15.9 Å². The summed E-state index contributed by atoms with van der Waals surface area (Å²) >= 11 is 3.37. The van der Waals surface area contributed by atoms with Gasteiger partial charge in [0.1, 0.15) is 5.75 Å². The van der Waals surface area contributed by atoms with Gasteiger partial charge in [-0.1, -0.05) is 12.1 Å². The van der Waals surface area contributed by atoms with Gasteiger partial charge in [0.05, 0.1) is 22.4 Å². The van der Waals surface area contributed by atoms with Gasteiger partial charge in [0.15, 0.2) is 0 Å². The van der Waals surface area contributed by atoms with Crippen LogP contribution in [0.5, 0.6) is 5.75 Å². The second-order valence-corrected chi connectivity index (χ2v) is 4.78. The zero-order valence-electron chi connectivity index (χ0n) is 10.1. The minimum Gasteiger partial charge on any atom is -0.435 e. The molecule has 0 radical (unpaired) electrons. The average molecular weight is 332 g/mol. The molecule has 1 atom stereocenters. The Bertz CT molecular complexity index is 537. The lowest BCUT2D eigenvalue weighted by atomic mass is 10.0. The van der Waals surface area contributed by atoms with Crippen molar-refractivity contribution in [3.8, 4) is 5.75 Å². The number of benzene rings is 1. The Morgan fingerprint density at radius 1 is 1.32 bits per heavy atom. The van der Waals surface area contributed by atoms with Gasteiger partial charge in [-0.25, -0.2) is 0 Å². The molecule has 0 aliphatic heterocycles. The first kappa shape index (κ1) is 14.0. The van der Waals surface area contributed by atoms with Crippen LogP contribution in [0, 0.1) is 0 Å². The van der Waals surface area contributed by atoms with E-state index in [9.17, 15) is 8.78 Å². The molecule has 1 aromatic heterocycles. The quantitative estimate of drug-likeness (QED) is 0.937. The normalized spacial score (nSPS) is 12.7. The maximum atomic E-state index is 12.0. The first-order chi connectivity index (χ1) is 8.99. The fourth-order valence-electron chi connectivity index (χ4n) is 1.78. The molecule has 0 aliphatic rings. The number of nitrogens with zero attached hydrogens (tertiary/aromatic N) is 2. The third kappa shape index (κ3) is 3.10. The van der Waals surface area contributed by atoms with E-state index in [4.69, 9.17) is 5.73 Å². The molecular weight excluding hydrogens is 320 g/mol. The molecule has 0 amide bonds. The average Bonchev–Trinajstić information content (AvgIpc) is 2.68. The molecule has 0 saturated carbocycles. The van der Waals surface area contributed by atoms with Crippen molar-refractivity contribution in [3.05, 3.63) is 46.2 Å². The molecule has 4 nitrogen and oxygen atoms in total. The van der Waals surface area contributed by atoms with Crippen LogP contribution in [0.3, 0.4) is 0 Å². The summed E-state index contributed by atoms with van der Waals surface area (Å²) in [5, 5.41) is 4.09. The Morgan fingerprint density at radius 2 is 1.95 bits per heavy atom. The van der Waals surface area contributed by atoms with E-state index < -0.39 is 12.7 Å². The molecule has 0 bridgehead atoms. The van der Waals surface area contributed by atoms with Crippen molar-refractivity contribution < 1.29 is 13.5 Å². The van der Waals surface area contributed by atoms with Crippen molar-refractivity contribution in [2.75, 3.05) is 0 Å². The van der Waals surface area contributed by atoms with Gasteiger partial charge in [-0.05, 0) is 33.6 Å². The number of hydrogen-bond donors (Lipinski definition) is 1. The number of nitrogens with two attached hydrogens (primary N) is 1. The molecule has 1 unspecified atom stereocenters. The molecule has 19 heavy (non-hydrogen) atoms. The minimum atomic E-state index is -2.83. The van der Waals surface area contributed by atoms with Crippen molar-refractivity contribution in [3.63, 3.8) is 0 Å². The second-order valence-electron chi connectivity index (χ2n) is 3.93. The number of halogens is 3. The number of rotatable bonds is 4. The van der Waals surface area contributed by atoms with Gasteiger partial charge < -0.3 is 10.5 Å². The van der Waals surface area contributed by atoms with Gasteiger partial charge in [-0.2, -0.15) is 13.9 Å². The van der Waals surface area contributed by atoms with Crippen molar-refractivity contribution in [2.24, 2.45) is 12.8 Å². The van der Waals surface area contributed by atoms with E-state index in [2.05, 4.69) is 25.8 Å². The first-order valence-corrected chi connectivity index (χ1v) is 6.26. The van der Waals surface area contributed by atoms with Gasteiger partial charge in [0.2, 0.25) is 0 Å². The summed E-state index contributed by atoms with van der Waals surface area (Å²) in [5.74, 6) is 0.107. The maximum Gasteiger partial charge on any atom is 0.387 e. The summed E-state index contributed by atoms with van der Waals surface area (Å²) in [6.07, 6.45) is 1.66. The van der Waals surface area contributed by atoms with Gasteiger partial charge in [-0.3, -0.25) is 4.68 Å². The SMILES string of the molecule is Cn1ncc(Br)c1C(N)c1ccc(OC(F)F)cc1.